The van der Waals surface area contributed by atoms with Crippen LogP contribution in [-0.2, 0) is 19.1 Å². The molecule has 1 aromatic carbocycles. The number of rotatable bonds is 5. The second kappa shape index (κ2) is 6.11. The van der Waals surface area contributed by atoms with Gasteiger partial charge in [0.1, 0.15) is 0 Å². The van der Waals surface area contributed by atoms with Gasteiger partial charge >= 0.3 is 0 Å². The number of hydrogen-bond donors (Lipinski definition) is 0. The maximum absolute atomic E-state index is 13.4. The molecular weight excluding hydrogens is 304 g/mol. The van der Waals surface area contributed by atoms with Crippen molar-refractivity contribution in [3.8, 4) is 0 Å². The number of ether oxygens (including phenoxy) is 2. The van der Waals surface area contributed by atoms with Gasteiger partial charge < -0.3 is 9.47 Å². The highest BCUT2D eigenvalue weighted by Crippen LogP contribution is 2.57. The van der Waals surface area contributed by atoms with Gasteiger partial charge in [0, 0.05) is 26.1 Å². The van der Waals surface area contributed by atoms with Gasteiger partial charge in [-0.2, -0.15) is 0 Å². The first kappa shape index (κ1) is 16.8. The van der Waals surface area contributed by atoms with E-state index < -0.39 is 11.2 Å². The molecule has 0 amide bonds. The van der Waals surface area contributed by atoms with E-state index in [1.165, 1.54) is 27.2 Å². The van der Waals surface area contributed by atoms with E-state index in [-0.39, 0.29) is 23.4 Å². The highest BCUT2D eigenvalue weighted by Gasteiger charge is 2.63. The molecular formula is C20H22O4. The van der Waals surface area contributed by atoms with Crippen LogP contribution in [0.5, 0.6) is 0 Å². The van der Waals surface area contributed by atoms with Gasteiger partial charge in [-0.05, 0) is 25.0 Å². The summed E-state index contributed by atoms with van der Waals surface area (Å²) in [5, 5.41) is 0. The predicted octanol–water partition coefficient (Wildman–Crippen LogP) is 3.05. The average Bonchev–Trinajstić information content (AvgIpc) is 2.62. The van der Waals surface area contributed by atoms with Gasteiger partial charge in [-0.1, -0.05) is 48.6 Å². The van der Waals surface area contributed by atoms with Crippen molar-refractivity contribution >= 4 is 11.6 Å². The lowest BCUT2D eigenvalue weighted by molar-refractivity contribution is -0.241. The summed E-state index contributed by atoms with van der Waals surface area (Å²) in [4.78, 5) is 24.9. The van der Waals surface area contributed by atoms with Crippen LogP contribution in [0.3, 0.4) is 0 Å². The van der Waals surface area contributed by atoms with Crippen LogP contribution < -0.4 is 0 Å². The SMILES string of the molecule is COC1(OC)C(=O)C2(/C=C/C(C)=O)C=CC1CC2c1ccccc1. The fraction of sp³-hybridized carbons (Fsp3) is 0.400. The molecule has 0 aromatic heterocycles. The van der Waals surface area contributed by atoms with E-state index in [1.807, 2.05) is 42.5 Å². The van der Waals surface area contributed by atoms with Crippen LogP contribution in [0.4, 0.5) is 0 Å². The number of ketones is 2. The molecule has 0 aliphatic heterocycles. The van der Waals surface area contributed by atoms with Crippen molar-refractivity contribution in [2.45, 2.75) is 25.0 Å². The normalized spacial score (nSPS) is 30.9. The monoisotopic (exact) mass is 326 g/mol. The Morgan fingerprint density at radius 3 is 2.46 bits per heavy atom. The molecule has 3 atom stereocenters. The summed E-state index contributed by atoms with van der Waals surface area (Å²) in [6.07, 6.45) is 7.80. The summed E-state index contributed by atoms with van der Waals surface area (Å²) in [5.74, 6) is -1.73. The molecule has 4 rings (SSSR count). The van der Waals surface area contributed by atoms with Crippen LogP contribution in [0.2, 0.25) is 0 Å². The minimum atomic E-state index is -1.29. The topological polar surface area (TPSA) is 52.6 Å². The van der Waals surface area contributed by atoms with E-state index in [0.717, 1.165) is 12.0 Å². The third-order valence-corrected chi connectivity index (χ3v) is 5.27. The maximum atomic E-state index is 13.4. The molecule has 1 saturated carbocycles. The van der Waals surface area contributed by atoms with Gasteiger partial charge in [0.2, 0.25) is 11.6 Å². The summed E-state index contributed by atoms with van der Waals surface area (Å²) in [5.41, 5.74) is 0.141. The smallest absolute Gasteiger partial charge is 0.236 e. The Hall–Kier alpha value is -2.04. The number of carbonyl (C=O) groups excluding carboxylic acids is 2. The first-order chi connectivity index (χ1) is 11.5. The van der Waals surface area contributed by atoms with Crippen molar-refractivity contribution in [1.29, 1.82) is 0 Å². The Morgan fingerprint density at radius 1 is 1.21 bits per heavy atom. The molecule has 0 radical (unpaired) electrons. The zero-order valence-corrected chi connectivity index (χ0v) is 14.2. The van der Waals surface area contributed by atoms with Crippen LogP contribution in [0, 0.1) is 11.3 Å². The van der Waals surface area contributed by atoms with Gasteiger partial charge in [-0.15, -0.1) is 0 Å². The summed E-state index contributed by atoms with van der Waals surface area (Å²) >= 11 is 0. The molecule has 24 heavy (non-hydrogen) atoms. The molecule has 4 heteroatoms. The molecule has 1 aromatic rings. The van der Waals surface area contributed by atoms with Crippen molar-refractivity contribution in [3.63, 3.8) is 0 Å². The van der Waals surface area contributed by atoms with Crippen molar-refractivity contribution in [3.05, 3.63) is 60.2 Å². The highest BCUT2D eigenvalue weighted by molar-refractivity contribution is 6.00. The van der Waals surface area contributed by atoms with E-state index in [9.17, 15) is 9.59 Å². The van der Waals surface area contributed by atoms with E-state index in [4.69, 9.17) is 9.47 Å². The quantitative estimate of drug-likeness (QED) is 0.474. The number of Topliss-reactive ketones (excluding diaryl/α,β-unsaturated/α-hetero) is 1. The summed E-state index contributed by atoms with van der Waals surface area (Å²) in [6.45, 7) is 1.48. The van der Waals surface area contributed by atoms with Gasteiger partial charge in [-0.25, -0.2) is 0 Å². The Kier molecular flexibility index (Phi) is 4.28. The number of allylic oxidation sites excluding steroid dienone is 3. The lowest BCUT2D eigenvalue weighted by atomic mass is 9.54. The first-order valence-corrected chi connectivity index (χ1v) is 8.09. The number of benzene rings is 1. The molecule has 0 spiro atoms. The second-order valence-electron chi connectivity index (χ2n) is 6.45. The molecule has 4 nitrogen and oxygen atoms in total. The zero-order chi connectivity index (χ0) is 17.4. The Bertz CT molecular complexity index is 700. The molecule has 0 N–H and O–H groups in total. The zero-order valence-electron chi connectivity index (χ0n) is 14.2. The van der Waals surface area contributed by atoms with Crippen LogP contribution >= 0.6 is 0 Å². The van der Waals surface area contributed by atoms with Crippen LogP contribution in [0.25, 0.3) is 0 Å². The fourth-order valence-electron chi connectivity index (χ4n) is 4.08. The number of fused-ring (bicyclic) bond motifs is 2. The Labute approximate surface area is 142 Å². The Balaban J connectivity index is 2.17. The maximum Gasteiger partial charge on any atom is 0.236 e. The van der Waals surface area contributed by atoms with Crippen LogP contribution in [0.1, 0.15) is 24.8 Å². The van der Waals surface area contributed by atoms with Gasteiger partial charge in [0.15, 0.2) is 5.78 Å². The molecule has 3 unspecified atom stereocenters. The molecule has 0 heterocycles. The van der Waals surface area contributed by atoms with E-state index in [2.05, 4.69) is 0 Å². The molecule has 126 valence electrons. The second-order valence-corrected chi connectivity index (χ2v) is 6.45. The number of methoxy groups -OCH3 is 2. The van der Waals surface area contributed by atoms with Gasteiger partial charge in [0.25, 0.3) is 0 Å². The van der Waals surface area contributed by atoms with Crippen molar-refractivity contribution in [1.82, 2.24) is 0 Å². The van der Waals surface area contributed by atoms with Gasteiger partial charge in [-0.3, -0.25) is 9.59 Å². The van der Waals surface area contributed by atoms with Gasteiger partial charge in [0.05, 0.1) is 5.41 Å². The van der Waals surface area contributed by atoms with E-state index in [1.54, 1.807) is 6.08 Å². The molecule has 2 bridgehead atoms. The summed E-state index contributed by atoms with van der Waals surface area (Å²) in [7, 11) is 2.99. The number of carbonyl (C=O) groups is 2. The number of hydrogen-bond acceptors (Lipinski definition) is 4. The summed E-state index contributed by atoms with van der Waals surface area (Å²) in [6, 6.07) is 9.94. The molecule has 1 fully saturated rings. The first-order valence-electron chi connectivity index (χ1n) is 8.09. The lowest BCUT2D eigenvalue weighted by Crippen LogP contribution is -2.62. The van der Waals surface area contributed by atoms with Crippen molar-refractivity contribution in [2.75, 3.05) is 14.2 Å². The van der Waals surface area contributed by atoms with Crippen molar-refractivity contribution < 1.29 is 19.1 Å². The lowest BCUT2D eigenvalue weighted by Gasteiger charge is -2.53. The minimum absolute atomic E-state index is 0.0461. The molecule has 3 aliphatic carbocycles. The fourth-order valence-corrected chi connectivity index (χ4v) is 4.08. The minimum Gasteiger partial charge on any atom is -0.346 e. The van der Waals surface area contributed by atoms with Crippen molar-refractivity contribution in [2.24, 2.45) is 11.3 Å². The predicted molar refractivity (Wildman–Crippen MR) is 90.4 cm³/mol. The molecule has 0 saturated heterocycles. The Morgan fingerprint density at radius 2 is 1.88 bits per heavy atom. The third-order valence-electron chi connectivity index (χ3n) is 5.27. The highest BCUT2D eigenvalue weighted by atomic mass is 16.7. The van der Waals surface area contributed by atoms with E-state index >= 15 is 0 Å². The summed E-state index contributed by atoms with van der Waals surface area (Å²) < 4.78 is 11.1. The standard InChI is InChI=1S/C20H22O4/c1-14(21)9-11-19-12-10-16(20(23-2,24-3)18(19)22)13-17(19)15-7-5-4-6-8-15/h4-12,16-17H,13H2,1-3H3/b11-9+. The van der Waals surface area contributed by atoms with Crippen LogP contribution in [0.15, 0.2) is 54.6 Å². The average molecular weight is 326 g/mol. The molecule has 3 aliphatic rings. The van der Waals surface area contributed by atoms with Crippen LogP contribution in [-0.4, -0.2) is 31.6 Å². The van der Waals surface area contributed by atoms with E-state index in [0.29, 0.717) is 0 Å². The third kappa shape index (κ3) is 2.29. The largest absolute Gasteiger partial charge is 0.346 e.